The zero-order valence-corrected chi connectivity index (χ0v) is 24.2. The summed E-state index contributed by atoms with van der Waals surface area (Å²) in [4.78, 5) is 0. The lowest BCUT2D eigenvalue weighted by Crippen LogP contribution is -1.92. The van der Waals surface area contributed by atoms with Crippen molar-refractivity contribution >= 4 is 63.8 Å². The number of hydrogen-bond acceptors (Lipinski definition) is 1. The highest BCUT2D eigenvalue weighted by Crippen LogP contribution is 2.47. The first kappa shape index (κ1) is 24.4. The van der Waals surface area contributed by atoms with E-state index in [-0.39, 0.29) is 0 Å². The Labute approximate surface area is 254 Å². The van der Waals surface area contributed by atoms with Crippen LogP contribution in [0.3, 0.4) is 0 Å². The van der Waals surface area contributed by atoms with Crippen LogP contribution in [0.1, 0.15) is 0 Å². The molecule has 1 aromatic heterocycles. The van der Waals surface area contributed by atoms with E-state index in [1.54, 1.807) is 0 Å². The quantitative estimate of drug-likeness (QED) is 0.188. The van der Waals surface area contributed by atoms with Crippen LogP contribution in [-0.2, 0) is 0 Å². The van der Waals surface area contributed by atoms with E-state index in [4.69, 9.17) is 0 Å². The van der Waals surface area contributed by atoms with Gasteiger partial charge >= 0.3 is 0 Å². The highest BCUT2D eigenvalue weighted by atomic mass is 32.1. The summed E-state index contributed by atoms with van der Waals surface area (Å²) >= 11 is 1.90. The van der Waals surface area contributed by atoms with Crippen molar-refractivity contribution in [3.05, 3.63) is 158 Å². The highest BCUT2D eigenvalue weighted by molar-refractivity contribution is 7.25. The molecule has 0 aliphatic heterocycles. The van der Waals surface area contributed by atoms with Crippen LogP contribution in [0.25, 0.3) is 85.9 Å². The van der Waals surface area contributed by atoms with E-state index in [9.17, 15) is 0 Å². The maximum Gasteiger partial charge on any atom is 0.0361 e. The molecule has 0 aliphatic rings. The van der Waals surface area contributed by atoms with E-state index in [0.717, 1.165) is 0 Å². The minimum Gasteiger partial charge on any atom is -0.135 e. The van der Waals surface area contributed by atoms with Gasteiger partial charge in [-0.05, 0) is 83.9 Å². The van der Waals surface area contributed by atoms with E-state index in [2.05, 4.69) is 158 Å². The molecule has 0 spiro atoms. The third-order valence-electron chi connectivity index (χ3n) is 8.84. The van der Waals surface area contributed by atoms with Crippen molar-refractivity contribution in [2.24, 2.45) is 0 Å². The molecule has 0 nitrogen and oxygen atoms in total. The third-order valence-corrected chi connectivity index (χ3v) is 9.96. The summed E-state index contributed by atoms with van der Waals surface area (Å²) in [6.07, 6.45) is 0. The van der Waals surface area contributed by atoms with Crippen molar-refractivity contribution in [1.82, 2.24) is 0 Å². The Hall–Kier alpha value is -5.24. The molecule has 0 amide bonds. The monoisotopic (exact) mass is 562 g/mol. The van der Waals surface area contributed by atoms with Crippen LogP contribution in [0.5, 0.6) is 0 Å². The highest BCUT2D eigenvalue weighted by Gasteiger charge is 2.19. The van der Waals surface area contributed by atoms with E-state index in [1.165, 1.54) is 85.9 Å². The van der Waals surface area contributed by atoms with E-state index < -0.39 is 0 Å². The fraction of sp³-hybridized carbons (Fsp3) is 0. The average molecular weight is 563 g/mol. The summed E-state index contributed by atoms with van der Waals surface area (Å²) in [6.45, 7) is 0. The smallest absolute Gasteiger partial charge is 0.0361 e. The molecule has 0 unspecified atom stereocenters. The molecule has 1 heterocycles. The van der Waals surface area contributed by atoms with Gasteiger partial charge in [0.2, 0.25) is 0 Å². The van der Waals surface area contributed by atoms with Gasteiger partial charge in [-0.2, -0.15) is 0 Å². The lowest BCUT2D eigenvalue weighted by molar-refractivity contribution is 1.61. The second kappa shape index (κ2) is 9.66. The largest absolute Gasteiger partial charge is 0.135 e. The number of thiophene rings is 1. The van der Waals surface area contributed by atoms with Crippen molar-refractivity contribution in [3.8, 4) is 33.4 Å². The Morgan fingerprint density at radius 2 is 0.837 bits per heavy atom. The van der Waals surface area contributed by atoms with E-state index in [1.807, 2.05) is 11.3 Å². The Balaban J connectivity index is 1.34. The predicted molar refractivity (Wildman–Crippen MR) is 188 cm³/mol. The number of rotatable bonds is 3. The molecular formula is C42H26S. The van der Waals surface area contributed by atoms with Gasteiger partial charge in [0, 0.05) is 20.2 Å². The topological polar surface area (TPSA) is 0 Å². The summed E-state index contributed by atoms with van der Waals surface area (Å²) < 4.78 is 2.67. The normalized spacial score (nSPS) is 11.7. The summed E-state index contributed by atoms with van der Waals surface area (Å²) in [5.41, 5.74) is 7.61. The van der Waals surface area contributed by atoms with Gasteiger partial charge in [0.15, 0.2) is 0 Å². The van der Waals surface area contributed by atoms with Crippen LogP contribution < -0.4 is 0 Å². The molecule has 9 rings (SSSR count). The van der Waals surface area contributed by atoms with E-state index in [0.29, 0.717) is 0 Å². The third kappa shape index (κ3) is 3.82. The minimum absolute atomic E-state index is 1.23. The molecule has 0 atom stereocenters. The summed E-state index contributed by atoms with van der Waals surface area (Å²) in [6, 6.07) is 57.9. The van der Waals surface area contributed by atoms with E-state index >= 15 is 0 Å². The molecular weight excluding hydrogens is 537 g/mol. The minimum atomic E-state index is 1.23. The van der Waals surface area contributed by atoms with Crippen LogP contribution in [0, 0.1) is 0 Å². The summed E-state index contributed by atoms with van der Waals surface area (Å²) in [5, 5.41) is 10.4. The summed E-state index contributed by atoms with van der Waals surface area (Å²) in [7, 11) is 0. The van der Waals surface area contributed by atoms with Crippen molar-refractivity contribution < 1.29 is 0 Å². The number of benzene rings is 8. The van der Waals surface area contributed by atoms with Gasteiger partial charge in [0.05, 0.1) is 0 Å². The van der Waals surface area contributed by atoms with Crippen molar-refractivity contribution in [1.29, 1.82) is 0 Å². The second-order valence-corrected chi connectivity index (χ2v) is 12.3. The van der Waals surface area contributed by atoms with Crippen LogP contribution in [0.15, 0.2) is 158 Å². The Bertz CT molecular complexity index is 2440. The van der Waals surface area contributed by atoms with Gasteiger partial charge in [-0.15, -0.1) is 11.3 Å². The molecule has 200 valence electrons. The van der Waals surface area contributed by atoms with Crippen molar-refractivity contribution in [2.45, 2.75) is 0 Å². The van der Waals surface area contributed by atoms with Crippen molar-refractivity contribution in [2.75, 3.05) is 0 Å². The molecule has 43 heavy (non-hydrogen) atoms. The molecule has 0 aliphatic carbocycles. The molecule has 0 saturated heterocycles. The molecule has 8 aromatic carbocycles. The van der Waals surface area contributed by atoms with Gasteiger partial charge in [-0.1, -0.05) is 140 Å². The van der Waals surface area contributed by atoms with Crippen LogP contribution in [-0.4, -0.2) is 0 Å². The predicted octanol–water partition coefficient (Wildman–Crippen LogP) is 12.5. The lowest BCUT2D eigenvalue weighted by Gasteiger charge is -2.19. The molecule has 1 heteroatoms. The first-order valence-corrected chi connectivity index (χ1v) is 15.6. The zero-order chi connectivity index (χ0) is 28.3. The SMILES string of the molecule is c1ccc(-c2ccccc2-c2c3ccccc3c(-c3ccc4c(c3)sc3cc5ccccc5cc34)c3ccccc23)cc1. The van der Waals surface area contributed by atoms with Gasteiger partial charge in [-0.25, -0.2) is 0 Å². The maximum absolute atomic E-state index is 2.41. The van der Waals surface area contributed by atoms with Crippen LogP contribution >= 0.6 is 11.3 Å². The lowest BCUT2D eigenvalue weighted by atomic mass is 9.84. The van der Waals surface area contributed by atoms with Crippen LogP contribution in [0.4, 0.5) is 0 Å². The van der Waals surface area contributed by atoms with Gasteiger partial charge < -0.3 is 0 Å². The number of hydrogen-bond donors (Lipinski definition) is 0. The molecule has 9 aromatic rings. The maximum atomic E-state index is 2.41. The number of fused-ring (bicyclic) bond motifs is 6. The van der Waals surface area contributed by atoms with Gasteiger partial charge in [0.1, 0.15) is 0 Å². The summed E-state index contributed by atoms with van der Waals surface area (Å²) in [5.74, 6) is 0. The molecule has 0 bridgehead atoms. The Morgan fingerprint density at radius 3 is 1.53 bits per heavy atom. The molecule has 0 saturated carbocycles. The first-order valence-electron chi connectivity index (χ1n) is 14.8. The van der Waals surface area contributed by atoms with Crippen LogP contribution in [0.2, 0.25) is 0 Å². The Morgan fingerprint density at radius 1 is 0.302 bits per heavy atom. The van der Waals surface area contributed by atoms with Crippen molar-refractivity contribution in [3.63, 3.8) is 0 Å². The second-order valence-electron chi connectivity index (χ2n) is 11.3. The molecule has 0 fully saturated rings. The average Bonchev–Trinajstić information content (AvgIpc) is 3.43. The standard InChI is InChI=1S/C42H26S/c1-2-12-27(13-3-1)31-16-6-7-17-33(31)42-36-20-10-8-18-34(36)41(35-19-9-11-21-37(35)42)30-22-23-32-38-24-28-14-4-5-15-29(28)25-40(38)43-39(32)26-30/h1-26H. The Kier molecular flexibility index (Phi) is 5.47. The first-order chi connectivity index (χ1) is 21.3. The fourth-order valence-electron chi connectivity index (χ4n) is 6.92. The zero-order valence-electron chi connectivity index (χ0n) is 23.4. The molecule has 0 radical (unpaired) electrons. The fourth-order valence-corrected chi connectivity index (χ4v) is 8.09. The van der Waals surface area contributed by atoms with Gasteiger partial charge in [0.25, 0.3) is 0 Å². The van der Waals surface area contributed by atoms with Gasteiger partial charge in [-0.3, -0.25) is 0 Å². The molecule has 0 N–H and O–H groups in total.